The molecule has 31 heavy (non-hydrogen) atoms. The molecule has 0 amide bonds. The van der Waals surface area contributed by atoms with E-state index in [0.29, 0.717) is 27.9 Å². The first-order chi connectivity index (χ1) is 15.1. The fourth-order valence-corrected chi connectivity index (χ4v) is 6.52. The lowest BCUT2D eigenvalue weighted by molar-refractivity contribution is 0.340. The Balaban J connectivity index is 1.62. The molecule has 6 rings (SSSR count). The third-order valence-corrected chi connectivity index (χ3v) is 8.15. The summed E-state index contributed by atoms with van der Waals surface area (Å²) in [4.78, 5) is 16.6. The summed E-state index contributed by atoms with van der Waals surface area (Å²) in [6.07, 6.45) is 4.48. The number of nitrogens with zero attached hydrogens (tertiary/aromatic N) is 3. The van der Waals surface area contributed by atoms with Gasteiger partial charge in [0, 0.05) is 25.2 Å². The van der Waals surface area contributed by atoms with Crippen LogP contribution in [0.4, 0.5) is 5.69 Å². The molecule has 2 saturated heterocycles. The molecule has 2 aromatic heterocycles. The molecule has 1 aromatic carbocycles. The molecule has 3 aliphatic rings. The van der Waals surface area contributed by atoms with E-state index in [9.17, 15) is 15.2 Å². The van der Waals surface area contributed by atoms with Crippen molar-refractivity contribution < 1.29 is 9.84 Å². The molecule has 2 N–H and O–H groups in total. The monoisotopic (exact) mass is 436 g/mol. The van der Waals surface area contributed by atoms with Crippen LogP contribution >= 0.6 is 11.3 Å². The number of methoxy groups -OCH3 is 1. The minimum absolute atomic E-state index is 0.186. The summed E-state index contributed by atoms with van der Waals surface area (Å²) >= 11 is 1.19. The van der Waals surface area contributed by atoms with Crippen LogP contribution in [0, 0.1) is 17.2 Å². The average molecular weight is 437 g/mol. The quantitative estimate of drug-likeness (QED) is 0.655. The molecule has 0 unspecified atom stereocenters. The summed E-state index contributed by atoms with van der Waals surface area (Å²) in [5.41, 5.74) is 1.56. The maximum Gasteiger partial charge on any atom is 0.202 e. The molecular formula is C23H24N4O3S. The van der Waals surface area contributed by atoms with Crippen molar-refractivity contribution in [3.05, 3.63) is 27.2 Å². The molecule has 4 heterocycles. The Morgan fingerprint density at radius 3 is 2.84 bits per heavy atom. The van der Waals surface area contributed by atoms with Crippen LogP contribution in [-0.2, 0) is 0 Å². The van der Waals surface area contributed by atoms with Gasteiger partial charge in [0.1, 0.15) is 21.2 Å². The molecule has 2 aliphatic heterocycles. The highest BCUT2D eigenvalue weighted by Gasteiger charge is 2.37. The highest BCUT2D eigenvalue weighted by atomic mass is 32.1. The number of fused-ring (bicyclic) bond motifs is 3. The number of nitriles is 1. The maximum absolute atomic E-state index is 13.4. The molecule has 0 radical (unpaired) electrons. The minimum atomic E-state index is -0.237. The number of benzene rings is 1. The van der Waals surface area contributed by atoms with Gasteiger partial charge in [-0.25, -0.2) is 0 Å². The molecule has 160 valence electrons. The lowest BCUT2D eigenvalue weighted by Crippen LogP contribution is -2.40. The Labute approximate surface area is 183 Å². The molecule has 1 aliphatic carbocycles. The largest absolute Gasteiger partial charge is 0.505 e. The van der Waals surface area contributed by atoms with E-state index >= 15 is 0 Å². The van der Waals surface area contributed by atoms with E-state index in [1.807, 2.05) is 18.2 Å². The van der Waals surface area contributed by atoms with Crippen molar-refractivity contribution in [2.45, 2.75) is 37.8 Å². The van der Waals surface area contributed by atoms with Crippen LogP contribution in [0.25, 0.3) is 21.1 Å². The first-order valence-electron chi connectivity index (χ1n) is 10.9. The van der Waals surface area contributed by atoms with Crippen LogP contribution in [0.1, 0.15) is 36.6 Å². The lowest BCUT2D eigenvalue weighted by atomic mass is 9.94. The van der Waals surface area contributed by atoms with Crippen LogP contribution in [0.15, 0.2) is 16.9 Å². The fourth-order valence-electron chi connectivity index (χ4n) is 5.45. The van der Waals surface area contributed by atoms with Crippen molar-refractivity contribution in [3.8, 4) is 17.6 Å². The smallest absolute Gasteiger partial charge is 0.202 e. The Bertz CT molecular complexity index is 1300. The van der Waals surface area contributed by atoms with Crippen LogP contribution < -0.4 is 20.4 Å². The second-order valence-corrected chi connectivity index (χ2v) is 9.88. The van der Waals surface area contributed by atoms with Gasteiger partial charge in [0.25, 0.3) is 0 Å². The topological polar surface area (TPSA) is 90.5 Å². The van der Waals surface area contributed by atoms with Crippen molar-refractivity contribution in [3.63, 3.8) is 0 Å². The average Bonchev–Trinajstić information content (AvgIpc) is 3.43. The third kappa shape index (κ3) is 2.70. The van der Waals surface area contributed by atoms with Crippen LogP contribution in [0.2, 0.25) is 0 Å². The zero-order valence-electron chi connectivity index (χ0n) is 17.4. The predicted octanol–water partition coefficient (Wildman–Crippen LogP) is 3.33. The molecule has 1 saturated carbocycles. The van der Waals surface area contributed by atoms with E-state index in [-0.39, 0.29) is 27.5 Å². The Morgan fingerprint density at radius 1 is 1.29 bits per heavy atom. The lowest BCUT2D eigenvalue weighted by Gasteiger charge is -2.24. The van der Waals surface area contributed by atoms with E-state index in [0.717, 1.165) is 43.7 Å². The summed E-state index contributed by atoms with van der Waals surface area (Å²) < 4.78 is 8.11. The minimum Gasteiger partial charge on any atom is -0.505 e. The first-order valence-corrected chi connectivity index (χ1v) is 11.7. The van der Waals surface area contributed by atoms with E-state index in [1.165, 1.54) is 24.2 Å². The Kier molecular flexibility index (Phi) is 4.20. The van der Waals surface area contributed by atoms with Gasteiger partial charge in [-0.05, 0) is 50.3 Å². The summed E-state index contributed by atoms with van der Waals surface area (Å²) in [6.45, 7) is 2.99. The van der Waals surface area contributed by atoms with Crippen molar-refractivity contribution in [2.24, 2.45) is 5.92 Å². The number of pyridine rings is 1. The highest BCUT2D eigenvalue weighted by Crippen LogP contribution is 2.48. The number of anilines is 1. The van der Waals surface area contributed by atoms with Gasteiger partial charge in [-0.1, -0.05) is 0 Å². The van der Waals surface area contributed by atoms with Crippen molar-refractivity contribution in [1.29, 1.82) is 5.26 Å². The number of ether oxygens (including phenoxy) is 1. The number of nitrogens with one attached hydrogen (secondary N) is 1. The van der Waals surface area contributed by atoms with Gasteiger partial charge in [-0.15, -0.1) is 11.3 Å². The third-order valence-electron chi connectivity index (χ3n) is 7.06. The normalized spacial score (nSPS) is 23.3. The van der Waals surface area contributed by atoms with Crippen molar-refractivity contribution >= 4 is 38.1 Å². The molecule has 7 nitrogen and oxygen atoms in total. The van der Waals surface area contributed by atoms with Crippen LogP contribution in [0.5, 0.6) is 11.5 Å². The number of rotatable bonds is 3. The van der Waals surface area contributed by atoms with Gasteiger partial charge in [0.05, 0.1) is 23.7 Å². The SMILES string of the molecule is COc1c(N2C[C@@H]3CCCN[C@@H]3C2)ccc2c(=O)c3c(O)c(C#N)sc3n(C3CC3)c12. The second-order valence-electron chi connectivity index (χ2n) is 8.88. The Hall–Kier alpha value is -2.76. The van der Waals surface area contributed by atoms with E-state index in [2.05, 4.69) is 14.8 Å². The predicted molar refractivity (Wildman–Crippen MR) is 122 cm³/mol. The number of hydrogen-bond donors (Lipinski definition) is 2. The van der Waals surface area contributed by atoms with Gasteiger partial charge in [-0.2, -0.15) is 5.26 Å². The highest BCUT2D eigenvalue weighted by molar-refractivity contribution is 7.19. The number of hydrogen-bond acceptors (Lipinski definition) is 7. The molecule has 3 fully saturated rings. The maximum atomic E-state index is 13.4. The van der Waals surface area contributed by atoms with Crippen LogP contribution in [0.3, 0.4) is 0 Å². The number of aromatic nitrogens is 1. The molecule has 3 aromatic rings. The van der Waals surface area contributed by atoms with E-state index in [4.69, 9.17) is 4.74 Å². The van der Waals surface area contributed by atoms with Gasteiger partial charge in [-0.3, -0.25) is 4.79 Å². The number of aromatic hydroxyl groups is 1. The van der Waals surface area contributed by atoms with Gasteiger partial charge in [0.2, 0.25) is 5.43 Å². The number of piperidine rings is 1. The molecule has 0 bridgehead atoms. The van der Waals surface area contributed by atoms with Gasteiger partial charge < -0.3 is 24.6 Å². The second kappa shape index (κ2) is 6.87. The summed E-state index contributed by atoms with van der Waals surface area (Å²) in [7, 11) is 1.66. The standard InChI is InChI=1S/C23H24N4O3S/c1-30-22-16(26-10-12-3-2-8-25-15(12)11-26)7-6-14-19(22)27(13-4-5-13)23-18(20(14)28)21(29)17(9-24)31-23/h6-7,12-13,15,25,29H,2-5,8,10-11H2,1H3/t12-,15+/m0/s1. The van der Waals surface area contributed by atoms with Crippen LogP contribution in [-0.4, -0.2) is 42.5 Å². The zero-order chi connectivity index (χ0) is 21.3. The van der Waals surface area contributed by atoms with E-state index in [1.54, 1.807) is 7.11 Å². The number of thiophene rings is 1. The van der Waals surface area contributed by atoms with Gasteiger partial charge in [0.15, 0.2) is 11.5 Å². The Morgan fingerprint density at radius 2 is 2.13 bits per heavy atom. The summed E-state index contributed by atoms with van der Waals surface area (Å²) in [5.74, 6) is 1.16. The van der Waals surface area contributed by atoms with Crippen molar-refractivity contribution in [1.82, 2.24) is 9.88 Å². The molecular weight excluding hydrogens is 412 g/mol. The van der Waals surface area contributed by atoms with E-state index < -0.39 is 0 Å². The molecule has 8 heteroatoms. The summed E-state index contributed by atoms with van der Waals surface area (Å²) in [6, 6.07) is 6.63. The zero-order valence-corrected chi connectivity index (χ0v) is 18.2. The fraction of sp³-hybridized carbons (Fsp3) is 0.478. The summed E-state index contributed by atoms with van der Waals surface area (Å²) in [5, 5.41) is 24.4. The first kappa shape index (κ1) is 19.0. The van der Waals surface area contributed by atoms with Gasteiger partial charge >= 0.3 is 0 Å². The van der Waals surface area contributed by atoms with Crippen molar-refractivity contribution in [2.75, 3.05) is 31.6 Å². The molecule has 2 atom stereocenters. The molecule has 0 spiro atoms.